The first-order chi connectivity index (χ1) is 17.3. The summed E-state index contributed by atoms with van der Waals surface area (Å²) in [6, 6.07) is 15.1. The number of carbonyl (C=O) groups is 2. The summed E-state index contributed by atoms with van der Waals surface area (Å²) in [4.78, 5) is 24.2. The Morgan fingerprint density at radius 3 is 2.11 bits per heavy atom. The van der Waals surface area contributed by atoms with Gasteiger partial charge in [-0.05, 0) is 60.2 Å². The fourth-order valence-corrected chi connectivity index (χ4v) is 2.82. The van der Waals surface area contributed by atoms with Crippen LogP contribution in [0.4, 0.5) is 28.9 Å². The highest BCUT2D eigenvalue weighted by molar-refractivity contribution is 5.91. The highest BCUT2D eigenvalue weighted by atomic mass is 19.3. The third-order valence-electron chi connectivity index (χ3n) is 4.89. The van der Waals surface area contributed by atoms with Crippen molar-refractivity contribution < 1.29 is 41.4 Å². The lowest BCUT2D eigenvalue weighted by Crippen LogP contribution is -2.42. The number of hydrogen-bond donors (Lipinski definition) is 2. The molecule has 0 radical (unpaired) electrons. The van der Waals surface area contributed by atoms with E-state index in [0.29, 0.717) is 22.5 Å². The molecule has 3 rings (SSSR count). The number of nitrogen functional groups attached to an aromatic ring is 2. The molecule has 3 aromatic rings. The number of anilines is 2. The predicted molar refractivity (Wildman–Crippen MR) is 128 cm³/mol. The molecule has 0 atom stereocenters. The number of benzene rings is 3. The molecule has 0 aliphatic rings. The third kappa shape index (κ3) is 7.47. The lowest BCUT2D eigenvalue weighted by Gasteiger charge is -2.23. The Hall–Kier alpha value is -4.54. The van der Waals surface area contributed by atoms with Crippen molar-refractivity contribution in [2.75, 3.05) is 11.5 Å². The second-order valence-corrected chi connectivity index (χ2v) is 7.89. The first-order valence-electron chi connectivity index (χ1n) is 10.7. The van der Waals surface area contributed by atoms with E-state index in [1.165, 1.54) is 24.3 Å². The number of rotatable bonds is 9. The normalized spacial score (nSPS) is 11.8. The van der Waals surface area contributed by atoms with Gasteiger partial charge in [-0.2, -0.15) is 17.6 Å². The van der Waals surface area contributed by atoms with Gasteiger partial charge in [0.05, 0.1) is 5.56 Å². The summed E-state index contributed by atoms with van der Waals surface area (Å²) >= 11 is 0. The highest BCUT2D eigenvalue weighted by Gasteiger charge is 2.55. The van der Waals surface area contributed by atoms with Crippen LogP contribution >= 0.6 is 0 Å². The molecule has 0 saturated carbocycles. The molecule has 4 N–H and O–H groups in total. The number of alkyl halides is 4. The molecule has 0 unspecified atom stereocenters. The maximum absolute atomic E-state index is 13.3. The SMILES string of the molecule is CC(F)(F)C(F)(F)Oc1ccc(C(=O)Oc2ccc(C=CC(=O)OCc3ccc(N)cc3N)cc2)cc1. The second-order valence-electron chi connectivity index (χ2n) is 7.89. The average molecular weight is 518 g/mol. The number of ether oxygens (including phenoxy) is 3. The minimum atomic E-state index is -4.72. The summed E-state index contributed by atoms with van der Waals surface area (Å²) in [7, 11) is 0. The predicted octanol–water partition coefficient (Wildman–Crippen LogP) is 5.45. The maximum atomic E-state index is 13.3. The molecule has 0 bridgehead atoms. The summed E-state index contributed by atoms with van der Waals surface area (Å²) in [6.07, 6.45) is -2.00. The van der Waals surface area contributed by atoms with E-state index in [-0.39, 0.29) is 24.8 Å². The van der Waals surface area contributed by atoms with Gasteiger partial charge >= 0.3 is 24.0 Å². The summed E-state index contributed by atoms with van der Waals surface area (Å²) < 4.78 is 66.8. The van der Waals surface area contributed by atoms with Crippen molar-refractivity contribution in [3.05, 3.63) is 89.5 Å². The molecule has 3 aromatic carbocycles. The fraction of sp³-hybridized carbons (Fsp3) is 0.154. The molecule has 7 nitrogen and oxygen atoms in total. The van der Waals surface area contributed by atoms with Gasteiger partial charge in [-0.3, -0.25) is 0 Å². The quantitative estimate of drug-likeness (QED) is 0.127. The minimum Gasteiger partial charge on any atom is -0.458 e. The van der Waals surface area contributed by atoms with Gasteiger partial charge in [-0.15, -0.1) is 0 Å². The zero-order chi connectivity index (χ0) is 27.2. The van der Waals surface area contributed by atoms with Crippen LogP contribution in [0, 0.1) is 0 Å². The van der Waals surface area contributed by atoms with Gasteiger partial charge in [-0.1, -0.05) is 18.2 Å². The molecule has 0 aromatic heterocycles. The standard InChI is InChI=1S/C26H22F4N2O5/c1-25(27,28)26(29,30)37-21-11-6-17(7-12-21)24(34)36-20-9-2-16(3-10-20)4-13-23(33)35-15-18-5-8-19(31)14-22(18)32/h2-14H,15,31-32H2,1H3. The van der Waals surface area contributed by atoms with Gasteiger partial charge in [0.15, 0.2) is 0 Å². The van der Waals surface area contributed by atoms with Crippen molar-refractivity contribution in [3.8, 4) is 11.5 Å². The van der Waals surface area contributed by atoms with Gasteiger partial charge < -0.3 is 25.7 Å². The van der Waals surface area contributed by atoms with E-state index in [1.54, 1.807) is 30.3 Å². The number of nitrogens with two attached hydrogens (primary N) is 2. The molecule has 11 heteroatoms. The molecule has 0 aliphatic heterocycles. The Morgan fingerprint density at radius 1 is 0.892 bits per heavy atom. The average Bonchev–Trinajstić information content (AvgIpc) is 2.82. The van der Waals surface area contributed by atoms with Crippen molar-refractivity contribution >= 4 is 29.4 Å². The van der Waals surface area contributed by atoms with E-state index in [2.05, 4.69) is 4.74 Å². The molecule has 0 amide bonds. The van der Waals surface area contributed by atoms with Crippen LogP contribution in [0.3, 0.4) is 0 Å². The van der Waals surface area contributed by atoms with Crippen molar-refractivity contribution in [1.82, 2.24) is 0 Å². The topological polar surface area (TPSA) is 114 Å². The number of hydrogen-bond acceptors (Lipinski definition) is 7. The number of halogens is 4. The van der Waals surface area contributed by atoms with Crippen molar-refractivity contribution in [3.63, 3.8) is 0 Å². The molecular formula is C26H22F4N2O5. The largest absolute Gasteiger partial charge is 0.463 e. The van der Waals surface area contributed by atoms with Crippen molar-refractivity contribution in [2.45, 2.75) is 25.6 Å². The molecule has 0 saturated heterocycles. The molecular weight excluding hydrogens is 496 g/mol. The van der Waals surface area contributed by atoms with E-state index < -0.39 is 29.7 Å². The van der Waals surface area contributed by atoms with Crippen LogP contribution in [0.2, 0.25) is 0 Å². The molecule has 0 aliphatic carbocycles. The Kier molecular flexibility index (Phi) is 8.06. The monoisotopic (exact) mass is 518 g/mol. The molecule has 37 heavy (non-hydrogen) atoms. The summed E-state index contributed by atoms with van der Waals surface area (Å²) in [6.45, 7) is 0.00993. The number of carbonyl (C=O) groups excluding carboxylic acids is 2. The smallest absolute Gasteiger partial charge is 0.458 e. The highest BCUT2D eigenvalue weighted by Crippen LogP contribution is 2.35. The van der Waals surface area contributed by atoms with E-state index in [9.17, 15) is 27.2 Å². The molecule has 0 heterocycles. The van der Waals surface area contributed by atoms with E-state index in [1.807, 2.05) is 0 Å². The van der Waals surface area contributed by atoms with Crippen molar-refractivity contribution in [2.24, 2.45) is 0 Å². The van der Waals surface area contributed by atoms with Crippen LogP contribution in [0.5, 0.6) is 11.5 Å². The summed E-state index contributed by atoms with van der Waals surface area (Å²) in [5, 5.41) is 0. The van der Waals surface area contributed by atoms with Crippen LogP contribution in [0.25, 0.3) is 6.08 Å². The zero-order valence-electron chi connectivity index (χ0n) is 19.4. The molecule has 0 spiro atoms. The Balaban J connectivity index is 1.52. The minimum absolute atomic E-state index is 0.0209. The molecule has 0 fully saturated rings. The van der Waals surface area contributed by atoms with Gasteiger partial charge in [-0.25, -0.2) is 9.59 Å². The van der Waals surface area contributed by atoms with Gasteiger partial charge in [0.1, 0.15) is 18.1 Å². The lowest BCUT2D eigenvalue weighted by atomic mass is 10.2. The van der Waals surface area contributed by atoms with E-state index >= 15 is 0 Å². The lowest BCUT2D eigenvalue weighted by molar-refractivity contribution is -0.301. The first kappa shape index (κ1) is 27.1. The Labute approximate surface area is 209 Å². The second kappa shape index (κ2) is 11.0. The van der Waals surface area contributed by atoms with Crippen LogP contribution in [0.15, 0.2) is 72.8 Å². The Bertz CT molecular complexity index is 1290. The fourth-order valence-electron chi connectivity index (χ4n) is 2.82. The van der Waals surface area contributed by atoms with Gasteiger partial charge in [0.2, 0.25) is 0 Å². The van der Waals surface area contributed by atoms with Crippen LogP contribution in [-0.2, 0) is 16.1 Å². The van der Waals surface area contributed by atoms with Crippen LogP contribution in [0.1, 0.15) is 28.4 Å². The summed E-state index contributed by atoms with van der Waals surface area (Å²) in [5.41, 5.74) is 13.6. The van der Waals surface area contributed by atoms with Gasteiger partial charge in [0.25, 0.3) is 0 Å². The van der Waals surface area contributed by atoms with E-state index in [4.69, 9.17) is 20.9 Å². The Morgan fingerprint density at radius 2 is 1.51 bits per heavy atom. The van der Waals surface area contributed by atoms with Crippen LogP contribution in [-0.4, -0.2) is 24.0 Å². The first-order valence-corrected chi connectivity index (χ1v) is 10.7. The third-order valence-corrected chi connectivity index (χ3v) is 4.89. The molecule has 194 valence electrons. The van der Waals surface area contributed by atoms with E-state index in [0.717, 1.165) is 24.3 Å². The zero-order valence-corrected chi connectivity index (χ0v) is 19.4. The number of esters is 2. The van der Waals surface area contributed by atoms with Crippen molar-refractivity contribution in [1.29, 1.82) is 0 Å². The maximum Gasteiger partial charge on any atom is 0.463 e. The van der Waals surface area contributed by atoms with Crippen LogP contribution < -0.4 is 20.9 Å². The van der Waals surface area contributed by atoms with Gasteiger partial charge in [0, 0.05) is 29.9 Å². The summed E-state index contributed by atoms with van der Waals surface area (Å²) in [5.74, 6) is -6.18.